The summed E-state index contributed by atoms with van der Waals surface area (Å²) in [4.78, 5) is 14.8. The number of nitrogens with zero attached hydrogens (tertiary/aromatic N) is 2. The maximum atomic E-state index is 12.9. The Morgan fingerprint density at radius 1 is 0.969 bits per heavy atom. The van der Waals surface area contributed by atoms with Gasteiger partial charge in [0, 0.05) is 16.6 Å². The molecule has 0 aliphatic carbocycles. The molecule has 0 radical (unpaired) electrons. The number of nitrogens with two attached hydrogens (primary N) is 1. The van der Waals surface area contributed by atoms with Gasteiger partial charge in [-0.15, -0.1) is 0 Å². The van der Waals surface area contributed by atoms with Crippen LogP contribution in [0.5, 0.6) is 11.5 Å². The van der Waals surface area contributed by atoms with Crippen molar-refractivity contribution in [2.24, 2.45) is 10.9 Å². The van der Waals surface area contributed by atoms with Gasteiger partial charge in [-0.3, -0.25) is 4.79 Å². The third-order valence-electron chi connectivity index (χ3n) is 4.95. The molecule has 2 aromatic carbocycles. The molecule has 2 N–H and O–H groups in total. The second-order valence-corrected chi connectivity index (χ2v) is 9.00. The summed E-state index contributed by atoms with van der Waals surface area (Å²) < 4.78 is 12.4. The molecule has 1 amide bonds. The van der Waals surface area contributed by atoms with Gasteiger partial charge in [0.2, 0.25) is 0 Å². The second-order valence-electron chi connectivity index (χ2n) is 8.15. The first-order chi connectivity index (χ1) is 15.3. The summed E-state index contributed by atoms with van der Waals surface area (Å²) in [6.07, 6.45) is 4.49. The monoisotopic (exact) mass is 503 g/mol. The maximum Gasteiger partial charge on any atom is 0.255 e. The van der Waals surface area contributed by atoms with Crippen molar-refractivity contribution < 1.29 is 14.3 Å². The number of hydrogen-bond acceptors (Lipinski definition) is 5. The first kappa shape index (κ1) is 25.7. The minimum atomic E-state index is 0.0237. The molecule has 2 rings (SSSR count). The number of rotatable bonds is 12. The standard InChI is InChI=1S/C25H34BrN3O3/c1-18(2)29(19(3)4)25(30)23-13-12-22(16-24(23)26)32-15-7-5-6-14-31-21-10-8-20(9-11-21)17-28-27/h8-13,16-19H,5-7,14-15,27H2,1-4H3. The lowest BCUT2D eigenvalue weighted by molar-refractivity contribution is 0.0642. The van der Waals surface area contributed by atoms with Crippen molar-refractivity contribution in [2.45, 2.75) is 59.0 Å². The molecule has 0 spiro atoms. The van der Waals surface area contributed by atoms with E-state index in [1.165, 1.54) is 0 Å². The van der Waals surface area contributed by atoms with Gasteiger partial charge in [-0.1, -0.05) is 0 Å². The first-order valence-corrected chi connectivity index (χ1v) is 11.8. The summed E-state index contributed by atoms with van der Waals surface area (Å²) in [6.45, 7) is 9.41. The van der Waals surface area contributed by atoms with Crippen molar-refractivity contribution in [3.05, 3.63) is 58.1 Å². The van der Waals surface area contributed by atoms with E-state index in [0.717, 1.165) is 40.8 Å². The lowest BCUT2D eigenvalue weighted by atomic mass is 10.1. The van der Waals surface area contributed by atoms with Crippen molar-refractivity contribution in [3.63, 3.8) is 0 Å². The second kappa shape index (κ2) is 13.1. The van der Waals surface area contributed by atoms with Gasteiger partial charge in [-0.2, -0.15) is 5.10 Å². The summed E-state index contributed by atoms with van der Waals surface area (Å²) >= 11 is 3.54. The van der Waals surface area contributed by atoms with Crippen molar-refractivity contribution in [3.8, 4) is 11.5 Å². The Hall–Kier alpha value is -2.54. The zero-order chi connectivity index (χ0) is 23.5. The molecular formula is C25H34BrN3O3. The van der Waals surface area contributed by atoms with E-state index in [1.54, 1.807) is 6.21 Å². The average Bonchev–Trinajstić information content (AvgIpc) is 2.74. The predicted octanol–water partition coefficient (Wildman–Crippen LogP) is 5.63. The third kappa shape index (κ3) is 7.86. The fourth-order valence-corrected chi connectivity index (χ4v) is 3.99. The predicted molar refractivity (Wildman–Crippen MR) is 134 cm³/mol. The molecule has 0 fully saturated rings. The molecule has 7 heteroatoms. The quantitative estimate of drug-likeness (QED) is 0.176. The Morgan fingerprint density at radius 2 is 1.53 bits per heavy atom. The minimum Gasteiger partial charge on any atom is -0.494 e. The highest BCUT2D eigenvalue weighted by molar-refractivity contribution is 9.10. The van der Waals surface area contributed by atoms with Gasteiger partial charge in [0.05, 0.1) is 25.0 Å². The van der Waals surface area contributed by atoms with Crippen LogP contribution in [0.2, 0.25) is 0 Å². The van der Waals surface area contributed by atoms with E-state index in [4.69, 9.17) is 15.3 Å². The Balaban J connectivity index is 1.72. The van der Waals surface area contributed by atoms with Crippen LogP contribution in [0.25, 0.3) is 0 Å². The van der Waals surface area contributed by atoms with Crippen LogP contribution >= 0.6 is 15.9 Å². The Labute approximate surface area is 199 Å². The van der Waals surface area contributed by atoms with Crippen molar-refractivity contribution in [1.29, 1.82) is 0 Å². The lowest BCUT2D eigenvalue weighted by Gasteiger charge is -2.31. The van der Waals surface area contributed by atoms with Gasteiger partial charge in [0.25, 0.3) is 5.91 Å². The molecule has 0 unspecified atom stereocenters. The molecular weight excluding hydrogens is 470 g/mol. The highest BCUT2D eigenvalue weighted by atomic mass is 79.9. The zero-order valence-electron chi connectivity index (χ0n) is 19.4. The van der Waals surface area contributed by atoms with Gasteiger partial charge in [0.1, 0.15) is 11.5 Å². The fourth-order valence-electron chi connectivity index (χ4n) is 3.46. The molecule has 0 saturated heterocycles. The first-order valence-electron chi connectivity index (χ1n) is 11.0. The van der Waals surface area contributed by atoms with Crippen LogP contribution in [-0.4, -0.2) is 42.3 Å². The molecule has 2 aromatic rings. The van der Waals surface area contributed by atoms with Crippen LogP contribution in [0.4, 0.5) is 0 Å². The molecule has 32 heavy (non-hydrogen) atoms. The summed E-state index contributed by atoms with van der Waals surface area (Å²) in [5, 5.41) is 3.50. The van der Waals surface area contributed by atoms with Crippen LogP contribution in [0.3, 0.4) is 0 Å². The van der Waals surface area contributed by atoms with E-state index < -0.39 is 0 Å². The number of benzene rings is 2. The number of halogens is 1. The molecule has 0 aliphatic heterocycles. The normalized spacial score (nSPS) is 11.3. The third-order valence-corrected chi connectivity index (χ3v) is 5.60. The fraction of sp³-hybridized carbons (Fsp3) is 0.440. The van der Waals surface area contributed by atoms with Gasteiger partial charge < -0.3 is 20.2 Å². The number of ether oxygens (including phenoxy) is 2. The minimum absolute atomic E-state index is 0.0237. The van der Waals surface area contributed by atoms with Gasteiger partial charge >= 0.3 is 0 Å². The summed E-state index contributed by atoms with van der Waals surface area (Å²) in [5.41, 5.74) is 1.60. The van der Waals surface area contributed by atoms with Crippen LogP contribution in [0.15, 0.2) is 52.0 Å². The summed E-state index contributed by atoms with van der Waals surface area (Å²) in [5.74, 6) is 6.76. The topological polar surface area (TPSA) is 77.2 Å². The number of hydrogen-bond donors (Lipinski definition) is 1. The van der Waals surface area contributed by atoms with E-state index in [1.807, 2.05) is 75.1 Å². The van der Waals surface area contributed by atoms with Crippen LogP contribution in [-0.2, 0) is 0 Å². The Morgan fingerprint density at radius 3 is 2.06 bits per heavy atom. The number of carbonyl (C=O) groups excluding carboxylic acids is 1. The van der Waals surface area contributed by atoms with E-state index in [2.05, 4.69) is 21.0 Å². The van der Waals surface area contributed by atoms with E-state index in [0.29, 0.717) is 18.8 Å². The maximum absolute atomic E-state index is 12.9. The lowest BCUT2D eigenvalue weighted by Crippen LogP contribution is -2.42. The molecule has 0 saturated carbocycles. The van der Waals surface area contributed by atoms with Crippen molar-refractivity contribution in [2.75, 3.05) is 13.2 Å². The molecule has 0 aliphatic rings. The number of carbonyl (C=O) groups is 1. The van der Waals surface area contributed by atoms with E-state index in [-0.39, 0.29) is 18.0 Å². The molecule has 0 atom stereocenters. The van der Waals surface area contributed by atoms with Crippen molar-refractivity contribution >= 4 is 28.1 Å². The molecule has 0 bridgehead atoms. The molecule has 0 heterocycles. The smallest absolute Gasteiger partial charge is 0.255 e. The average molecular weight is 504 g/mol. The number of amides is 1. The summed E-state index contributed by atoms with van der Waals surface area (Å²) in [6, 6.07) is 13.5. The SMILES string of the molecule is CC(C)N(C(=O)c1ccc(OCCCCCOc2ccc(C=NN)cc2)cc1Br)C(C)C. The Bertz CT molecular complexity index is 875. The number of unbranched alkanes of at least 4 members (excludes halogenated alkanes) is 2. The van der Waals surface area contributed by atoms with Crippen LogP contribution < -0.4 is 15.3 Å². The number of hydrazone groups is 1. The van der Waals surface area contributed by atoms with E-state index in [9.17, 15) is 4.79 Å². The summed E-state index contributed by atoms with van der Waals surface area (Å²) in [7, 11) is 0. The largest absolute Gasteiger partial charge is 0.494 e. The molecule has 0 aromatic heterocycles. The van der Waals surface area contributed by atoms with Gasteiger partial charge in [-0.25, -0.2) is 0 Å². The molecule has 6 nitrogen and oxygen atoms in total. The Kier molecular flexibility index (Phi) is 10.5. The van der Waals surface area contributed by atoms with Crippen LogP contribution in [0.1, 0.15) is 62.9 Å². The van der Waals surface area contributed by atoms with E-state index >= 15 is 0 Å². The van der Waals surface area contributed by atoms with Gasteiger partial charge in [0.15, 0.2) is 0 Å². The van der Waals surface area contributed by atoms with Crippen molar-refractivity contribution in [1.82, 2.24) is 4.90 Å². The zero-order valence-corrected chi connectivity index (χ0v) is 21.0. The molecule has 174 valence electrons. The highest BCUT2D eigenvalue weighted by Gasteiger charge is 2.23. The van der Waals surface area contributed by atoms with Crippen LogP contribution in [0, 0.1) is 0 Å². The highest BCUT2D eigenvalue weighted by Crippen LogP contribution is 2.26. The van der Waals surface area contributed by atoms with Gasteiger partial charge in [-0.05, 0) is 111 Å².